The van der Waals surface area contributed by atoms with E-state index in [0.29, 0.717) is 5.75 Å². The zero-order valence-corrected chi connectivity index (χ0v) is 14.5. The molecule has 2 fully saturated rings. The molecule has 0 aromatic heterocycles. The normalized spacial score (nSPS) is 24.8. The molecule has 5 nitrogen and oxygen atoms in total. The van der Waals surface area contributed by atoms with Crippen molar-refractivity contribution in [2.45, 2.75) is 17.8 Å². The van der Waals surface area contributed by atoms with Crippen LogP contribution in [0.4, 0.5) is 0 Å². The van der Waals surface area contributed by atoms with Gasteiger partial charge in [0, 0.05) is 12.2 Å². The average molecular weight is 355 g/mol. The number of fused-ring (bicyclic) bond motifs is 2. The Morgan fingerprint density at radius 1 is 1.20 bits per heavy atom. The summed E-state index contributed by atoms with van der Waals surface area (Å²) < 4.78 is 4.74. The summed E-state index contributed by atoms with van der Waals surface area (Å²) in [5.74, 6) is -0.917. The first kappa shape index (κ1) is 16.1. The Hall–Kier alpha value is -2.34. The molecule has 2 aromatic carbocycles. The third-order valence-electron chi connectivity index (χ3n) is 4.91. The molecular formula is C19H17NO4S. The van der Waals surface area contributed by atoms with Gasteiger partial charge >= 0.3 is 5.97 Å². The van der Waals surface area contributed by atoms with E-state index in [2.05, 4.69) is 0 Å². The van der Waals surface area contributed by atoms with E-state index in [1.807, 2.05) is 42.5 Å². The minimum Gasteiger partial charge on any atom is -0.467 e. The Balaban J connectivity index is 1.53. The third-order valence-corrected chi connectivity index (χ3v) is 6.25. The summed E-state index contributed by atoms with van der Waals surface area (Å²) >= 11 is 1.48. The lowest BCUT2D eigenvalue weighted by atomic mass is 9.87. The highest BCUT2D eigenvalue weighted by atomic mass is 32.2. The number of hydrogen-bond donors (Lipinski definition) is 0. The van der Waals surface area contributed by atoms with Crippen LogP contribution in [0.5, 0.6) is 0 Å². The van der Waals surface area contributed by atoms with Crippen LogP contribution in [-0.4, -0.2) is 46.8 Å². The first-order valence-corrected chi connectivity index (χ1v) is 9.17. The zero-order valence-electron chi connectivity index (χ0n) is 13.7. The second-order valence-corrected chi connectivity index (χ2v) is 7.42. The number of β-lactam (4-membered cyclic amide) rings is 1. The van der Waals surface area contributed by atoms with E-state index in [-0.39, 0.29) is 23.5 Å². The van der Waals surface area contributed by atoms with Gasteiger partial charge in [0.2, 0.25) is 5.91 Å². The number of nitrogens with zero attached hydrogens (tertiary/aromatic N) is 1. The second kappa shape index (κ2) is 6.19. The number of esters is 1. The number of carbonyl (C=O) groups is 3. The molecule has 0 spiro atoms. The molecule has 2 aliphatic heterocycles. The standard InChI is InChI=1S/C19H17NO4S/c1-24-19(23)14-10-25-18-16(17(22)20(14)18)15(21)9-12-7-4-6-11-5-2-3-8-13(11)12/h2-8,14,16,18H,9-10H2,1H3/t14-,16+,18-/m0/s1. The maximum absolute atomic E-state index is 12.8. The summed E-state index contributed by atoms with van der Waals surface area (Å²) in [6.07, 6.45) is 0.228. The van der Waals surface area contributed by atoms with E-state index in [4.69, 9.17) is 4.74 Å². The van der Waals surface area contributed by atoms with Gasteiger partial charge in [-0.25, -0.2) is 4.79 Å². The molecule has 4 rings (SSSR count). The summed E-state index contributed by atoms with van der Waals surface area (Å²) in [6.45, 7) is 0. The highest BCUT2D eigenvalue weighted by molar-refractivity contribution is 8.00. The van der Waals surface area contributed by atoms with Gasteiger partial charge in [-0.2, -0.15) is 0 Å². The van der Waals surface area contributed by atoms with E-state index in [9.17, 15) is 14.4 Å². The van der Waals surface area contributed by atoms with Gasteiger partial charge in [-0.15, -0.1) is 11.8 Å². The Kier molecular flexibility index (Phi) is 4.00. The molecule has 0 bridgehead atoms. The van der Waals surface area contributed by atoms with Crippen molar-refractivity contribution < 1.29 is 19.1 Å². The van der Waals surface area contributed by atoms with Gasteiger partial charge in [-0.3, -0.25) is 9.59 Å². The van der Waals surface area contributed by atoms with Gasteiger partial charge in [0.1, 0.15) is 12.0 Å². The van der Waals surface area contributed by atoms with Crippen molar-refractivity contribution in [3.63, 3.8) is 0 Å². The molecule has 3 atom stereocenters. The second-order valence-electron chi connectivity index (χ2n) is 6.27. The lowest BCUT2D eigenvalue weighted by molar-refractivity contribution is -0.165. The summed E-state index contributed by atoms with van der Waals surface area (Å²) in [4.78, 5) is 38.5. The summed E-state index contributed by atoms with van der Waals surface area (Å²) in [7, 11) is 1.31. The van der Waals surface area contributed by atoms with E-state index < -0.39 is 17.9 Å². The molecule has 0 aliphatic carbocycles. The number of ketones is 1. The lowest BCUT2D eigenvalue weighted by Gasteiger charge is -2.42. The number of methoxy groups -OCH3 is 1. The largest absolute Gasteiger partial charge is 0.467 e. The molecule has 0 unspecified atom stereocenters. The summed E-state index contributed by atoms with van der Waals surface area (Å²) in [5, 5.41) is 1.88. The molecule has 1 amide bonds. The van der Waals surface area contributed by atoms with Crippen molar-refractivity contribution in [2.75, 3.05) is 12.9 Å². The van der Waals surface area contributed by atoms with Crippen LogP contribution in [0.2, 0.25) is 0 Å². The van der Waals surface area contributed by atoms with E-state index in [1.54, 1.807) is 0 Å². The molecule has 0 radical (unpaired) electrons. The highest BCUT2D eigenvalue weighted by Gasteiger charge is 2.59. The fourth-order valence-corrected chi connectivity index (χ4v) is 5.17. The van der Waals surface area contributed by atoms with Gasteiger partial charge in [0.05, 0.1) is 12.5 Å². The Bertz CT molecular complexity index is 875. The van der Waals surface area contributed by atoms with Crippen LogP contribution in [0.25, 0.3) is 10.8 Å². The molecule has 2 heterocycles. The van der Waals surface area contributed by atoms with Gasteiger partial charge < -0.3 is 9.64 Å². The van der Waals surface area contributed by atoms with Crippen LogP contribution < -0.4 is 0 Å². The van der Waals surface area contributed by atoms with Crippen molar-refractivity contribution in [1.29, 1.82) is 0 Å². The first-order valence-electron chi connectivity index (χ1n) is 8.13. The zero-order chi connectivity index (χ0) is 17.6. The molecular weight excluding hydrogens is 338 g/mol. The van der Waals surface area contributed by atoms with Gasteiger partial charge in [-0.05, 0) is 16.3 Å². The van der Waals surface area contributed by atoms with E-state index >= 15 is 0 Å². The first-order chi connectivity index (χ1) is 12.1. The monoisotopic (exact) mass is 355 g/mol. The van der Waals surface area contributed by atoms with Crippen molar-refractivity contribution in [3.8, 4) is 0 Å². The maximum Gasteiger partial charge on any atom is 0.329 e. The minimum absolute atomic E-state index is 0.0828. The van der Waals surface area contributed by atoms with Crippen LogP contribution in [0.3, 0.4) is 0 Å². The average Bonchev–Trinajstić information content (AvgIpc) is 3.00. The summed E-state index contributed by atoms with van der Waals surface area (Å²) in [6, 6.07) is 13.2. The fourth-order valence-electron chi connectivity index (χ4n) is 3.62. The predicted octanol–water partition coefficient (Wildman–Crippen LogP) is 2.02. The topological polar surface area (TPSA) is 63.7 Å². The molecule has 128 valence electrons. The number of ether oxygens (including phenoxy) is 1. The molecule has 25 heavy (non-hydrogen) atoms. The molecule has 2 aromatic rings. The number of carbonyl (C=O) groups excluding carboxylic acids is 3. The van der Waals surface area contributed by atoms with Crippen LogP contribution in [0.1, 0.15) is 5.56 Å². The van der Waals surface area contributed by atoms with Gasteiger partial charge in [0.15, 0.2) is 5.78 Å². The van der Waals surface area contributed by atoms with Crippen LogP contribution in [0, 0.1) is 5.92 Å². The quantitative estimate of drug-likeness (QED) is 0.477. The predicted molar refractivity (Wildman–Crippen MR) is 95.0 cm³/mol. The van der Waals surface area contributed by atoms with E-state index in [0.717, 1.165) is 16.3 Å². The smallest absolute Gasteiger partial charge is 0.329 e. The van der Waals surface area contributed by atoms with Crippen LogP contribution in [0.15, 0.2) is 42.5 Å². The number of rotatable bonds is 4. The molecule has 0 N–H and O–H groups in total. The van der Waals surface area contributed by atoms with Crippen LogP contribution >= 0.6 is 11.8 Å². The van der Waals surface area contributed by atoms with E-state index in [1.165, 1.54) is 23.8 Å². The fraction of sp³-hybridized carbons (Fsp3) is 0.316. The number of amides is 1. The lowest BCUT2D eigenvalue weighted by Crippen LogP contribution is -2.63. The molecule has 2 aliphatic rings. The maximum atomic E-state index is 12.8. The molecule has 0 saturated carbocycles. The van der Waals surface area contributed by atoms with Crippen molar-refractivity contribution in [3.05, 3.63) is 48.0 Å². The highest BCUT2D eigenvalue weighted by Crippen LogP contribution is 2.44. The van der Waals surface area contributed by atoms with Crippen molar-refractivity contribution in [2.24, 2.45) is 5.92 Å². The number of hydrogen-bond acceptors (Lipinski definition) is 5. The summed E-state index contributed by atoms with van der Waals surface area (Å²) in [5.41, 5.74) is 0.932. The van der Waals surface area contributed by atoms with Crippen LogP contribution in [-0.2, 0) is 25.5 Å². The van der Waals surface area contributed by atoms with Gasteiger partial charge in [0.25, 0.3) is 0 Å². The molecule has 6 heteroatoms. The third kappa shape index (κ3) is 2.52. The number of Topliss-reactive ketones (excluding diaryl/α,β-unsaturated/α-hetero) is 1. The molecule has 2 saturated heterocycles. The van der Waals surface area contributed by atoms with Gasteiger partial charge in [-0.1, -0.05) is 42.5 Å². The Morgan fingerprint density at radius 3 is 2.76 bits per heavy atom. The SMILES string of the molecule is COC(=O)[C@@H]1CS[C@H]2[C@H](C(=O)Cc3cccc4ccccc34)C(=O)N12. The number of benzene rings is 2. The number of thioether (sulfide) groups is 1. The minimum atomic E-state index is -0.654. The van der Waals surface area contributed by atoms with Crippen molar-refractivity contribution in [1.82, 2.24) is 4.90 Å². The Morgan fingerprint density at radius 2 is 1.96 bits per heavy atom. The Labute approximate surface area is 149 Å². The van der Waals surface area contributed by atoms with Crippen molar-refractivity contribution >= 4 is 40.2 Å².